The van der Waals surface area contributed by atoms with Gasteiger partial charge in [0, 0.05) is 36.2 Å². The Kier molecular flexibility index (Phi) is 9.56. The summed E-state index contributed by atoms with van der Waals surface area (Å²) in [6, 6.07) is 14.7. The lowest BCUT2D eigenvalue weighted by molar-refractivity contribution is -0.141. The number of phenolic OH excluding ortho intramolecular Hbond substituents is 1. The molecule has 12 heteroatoms. The number of amides is 1. The maximum Gasteiger partial charge on any atom is 0.310 e. The van der Waals surface area contributed by atoms with Gasteiger partial charge in [-0.3, -0.25) is 9.59 Å². The van der Waals surface area contributed by atoms with Crippen molar-refractivity contribution in [3.8, 4) is 28.7 Å². The third kappa shape index (κ3) is 6.34. The number of esters is 1. The van der Waals surface area contributed by atoms with Crippen LogP contribution in [0.1, 0.15) is 54.3 Å². The fraction of sp³-hybridized carbons (Fsp3) is 0.429. The van der Waals surface area contributed by atoms with E-state index in [1.165, 1.54) is 33.5 Å². The van der Waals surface area contributed by atoms with Gasteiger partial charge in [-0.2, -0.15) is 0 Å². The Labute approximate surface area is 279 Å². The molecule has 4 atom stereocenters. The lowest BCUT2D eigenvalue weighted by Gasteiger charge is -2.40. The number of carbonyl (C=O) groups is 2. The number of carbonyl (C=O) groups excluding carboxylic acids is 2. The lowest BCUT2D eigenvalue weighted by Crippen LogP contribution is -2.37. The van der Waals surface area contributed by atoms with Crippen molar-refractivity contribution >= 4 is 35.7 Å². The molecule has 4 aliphatic rings. The number of benzene rings is 3. The zero-order valence-electron chi connectivity index (χ0n) is 26.5. The Morgan fingerprint density at radius 1 is 0.915 bits per heavy atom. The Bertz CT molecular complexity index is 1600. The molecule has 47 heavy (non-hydrogen) atoms. The van der Waals surface area contributed by atoms with Gasteiger partial charge >= 0.3 is 5.97 Å². The molecule has 2 fully saturated rings. The summed E-state index contributed by atoms with van der Waals surface area (Å²) in [6.07, 6.45) is 4.14. The average Bonchev–Trinajstić information content (AvgIpc) is 3.70. The molecule has 11 nitrogen and oxygen atoms in total. The smallest absolute Gasteiger partial charge is 0.310 e. The maximum absolute atomic E-state index is 13.5. The largest absolute Gasteiger partial charge is 0.502 e. The number of nitrogens with zero attached hydrogens (tertiary/aromatic N) is 1. The number of hydrogen-bond acceptors (Lipinski definition) is 10. The molecule has 0 saturated carbocycles. The minimum absolute atomic E-state index is 0. The number of piperidine rings is 1. The number of methoxy groups -OCH3 is 2. The van der Waals surface area contributed by atoms with Crippen LogP contribution < -0.4 is 29.6 Å². The van der Waals surface area contributed by atoms with Gasteiger partial charge < -0.3 is 44.3 Å². The van der Waals surface area contributed by atoms with Gasteiger partial charge in [0.1, 0.15) is 0 Å². The minimum atomic E-state index is -0.525. The van der Waals surface area contributed by atoms with Crippen molar-refractivity contribution in [2.24, 2.45) is 11.8 Å². The Morgan fingerprint density at radius 2 is 1.55 bits per heavy atom. The van der Waals surface area contributed by atoms with E-state index < -0.39 is 11.8 Å². The summed E-state index contributed by atoms with van der Waals surface area (Å²) < 4.78 is 28.2. The fourth-order valence-electron chi connectivity index (χ4n) is 7.34. The highest BCUT2D eigenvalue weighted by molar-refractivity contribution is 5.91. The molecule has 0 bridgehead atoms. The number of aromatic hydroxyl groups is 1. The van der Waals surface area contributed by atoms with E-state index in [0.717, 1.165) is 47.7 Å². The van der Waals surface area contributed by atoms with E-state index in [9.17, 15) is 14.7 Å². The first-order valence-electron chi connectivity index (χ1n) is 15.9. The number of hydrogen-bond donors (Lipinski definition) is 3. The van der Waals surface area contributed by atoms with Crippen LogP contribution in [0.2, 0.25) is 0 Å². The first kappa shape index (κ1) is 32.6. The molecule has 2 saturated heterocycles. The third-order valence-electron chi connectivity index (χ3n) is 9.64. The predicted molar refractivity (Wildman–Crippen MR) is 177 cm³/mol. The molecule has 3 aromatic rings. The van der Waals surface area contributed by atoms with Crippen LogP contribution in [0.3, 0.4) is 0 Å². The van der Waals surface area contributed by atoms with Gasteiger partial charge in [0.15, 0.2) is 23.0 Å². The van der Waals surface area contributed by atoms with Gasteiger partial charge in [0.25, 0.3) is 0 Å². The first-order valence-corrected chi connectivity index (χ1v) is 15.9. The van der Waals surface area contributed by atoms with E-state index in [1.54, 1.807) is 12.1 Å². The van der Waals surface area contributed by atoms with Crippen LogP contribution in [0.25, 0.3) is 0 Å². The van der Waals surface area contributed by atoms with E-state index in [4.69, 9.17) is 23.7 Å². The fourth-order valence-corrected chi connectivity index (χ4v) is 7.34. The number of ether oxygens (including phenoxy) is 5. The normalized spacial score (nSPS) is 22.7. The lowest BCUT2D eigenvalue weighted by atomic mass is 9.65. The van der Waals surface area contributed by atoms with Gasteiger partial charge in [-0.15, -0.1) is 12.4 Å². The zero-order valence-corrected chi connectivity index (χ0v) is 27.3. The topological polar surface area (TPSA) is 128 Å². The van der Waals surface area contributed by atoms with Crippen LogP contribution in [-0.4, -0.2) is 69.1 Å². The predicted octanol–water partition coefficient (Wildman–Crippen LogP) is 5.46. The van der Waals surface area contributed by atoms with Gasteiger partial charge in [-0.1, -0.05) is 6.42 Å². The summed E-state index contributed by atoms with van der Waals surface area (Å²) in [5.41, 5.74) is 4.15. The van der Waals surface area contributed by atoms with Gasteiger partial charge in [0.2, 0.25) is 18.4 Å². The number of nitrogens with one attached hydrogen (secondary N) is 2. The highest BCUT2D eigenvalue weighted by Gasteiger charge is 2.52. The highest BCUT2D eigenvalue weighted by atomic mass is 35.5. The Morgan fingerprint density at radius 3 is 2.21 bits per heavy atom. The van der Waals surface area contributed by atoms with Crippen molar-refractivity contribution in [2.75, 3.05) is 57.9 Å². The van der Waals surface area contributed by atoms with Crippen molar-refractivity contribution in [1.29, 1.82) is 0 Å². The second-order valence-electron chi connectivity index (χ2n) is 12.3. The van der Waals surface area contributed by atoms with Crippen molar-refractivity contribution in [3.05, 3.63) is 65.2 Å². The first-order chi connectivity index (χ1) is 22.4. The molecular weight excluding hydrogens is 626 g/mol. The van der Waals surface area contributed by atoms with Gasteiger partial charge in [0.05, 0.1) is 32.8 Å². The van der Waals surface area contributed by atoms with Crippen molar-refractivity contribution in [3.63, 3.8) is 0 Å². The van der Waals surface area contributed by atoms with Crippen molar-refractivity contribution in [1.82, 2.24) is 4.90 Å². The molecule has 0 unspecified atom stereocenters. The van der Waals surface area contributed by atoms with Crippen LogP contribution in [0, 0.1) is 11.8 Å². The minimum Gasteiger partial charge on any atom is -0.502 e. The monoisotopic (exact) mass is 665 g/mol. The summed E-state index contributed by atoms with van der Waals surface area (Å²) in [7, 11) is 2.95. The highest BCUT2D eigenvalue weighted by Crippen LogP contribution is 2.56. The summed E-state index contributed by atoms with van der Waals surface area (Å²) >= 11 is 0. The number of anilines is 2. The molecule has 1 amide bonds. The van der Waals surface area contributed by atoms with E-state index in [-0.39, 0.29) is 66.9 Å². The summed E-state index contributed by atoms with van der Waals surface area (Å²) in [4.78, 5) is 28.4. The zero-order chi connectivity index (χ0) is 31.8. The molecule has 0 aromatic heterocycles. The molecule has 0 spiro atoms. The van der Waals surface area contributed by atoms with Crippen LogP contribution in [0.15, 0.2) is 48.5 Å². The number of likely N-dealkylation sites (tertiary alicyclic amines) is 1. The van der Waals surface area contributed by atoms with E-state index in [2.05, 4.69) is 15.5 Å². The molecule has 3 heterocycles. The Balaban J connectivity index is 0.00000386. The third-order valence-corrected chi connectivity index (χ3v) is 9.64. The van der Waals surface area contributed by atoms with Gasteiger partial charge in [-0.25, -0.2) is 0 Å². The van der Waals surface area contributed by atoms with Crippen molar-refractivity contribution in [2.45, 2.75) is 37.6 Å². The summed E-state index contributed by atoms with van der Waals surface area (Å²) in [5, 5.41) is 17.3. The summed E-state index contributed by atoms with van der Waals surface area (Å²) in [5.74, 6) is 0.169. The number of halogens is 1. The number of fused-ring (bicyclic) bond motifs is 3. The van der Waals surface area contributed by atoms with Crippen LogP contribution in [0.5, 0.6) is 28.7 Å². The molecule has 3 aliphatic heterocycles. The SMILES string of the molecule is COc1cc([C@@H]2c3cc4c(cc3[C@@H](Nc3ccc(NC(=O)CCN5CCCCC5)cc3)[C@H]3COC(=O)[C@H]23)OCO4)cc(OC)c1O.Cl. The standard InChI is InChI=1S/C35H39N3O8.ClH/c1-42-28-14-20(15-29(43-2)34(28)40)31-23-16-26-27(46-19-45-26)17-24(23)33(25-18-44-35(41)32(25)31)37-22-8-6-21(7-9-22)36-30(39)10-13-38-11-4-3-5-12-38;/h6-9,14-17,25,31-33,37,40H,3-5,10-13,18-19H2,1-2H3,(H,36,39);1H/t25-,31+,32-,33+;/m0./s1. The maximum atomic E-state index is 13.5. The quantitative estimate of drug-likeness (QED) is 0.254. The van der Waals surface area contributed by atoms with Crippen molar-refractivity contribution < 1.29 is 38.4 Å². The van der Waals surface area contributed by atoms with Crippen LogP contribution in [-0.2, 0) is 14.3 Å². The number of cyclic esters (lactones) is 1. The second-order valence-corrected chi connectivity index (χ2v) is 12.3. The molecule has 1 aliphatic carbocycles. The number of rotatable bonds is 9. The molecule has 0 radical (unpaired) electrons. The van der Waals surface area contributed by atoms with E-state index in [0.29, 0.717) is 17.9 Å². The molecule has 250 valence electrons. The van der Waals surface area contributed by atoms with Crippen LogP contribution in [0.4, 0.5) is 11.4 Å². The molecular formula is C35H40ClN3O8. The molecule has 3 N–H and O–H groups in total. The Hall–Kier alpha value is -4.35. The van der Waals surface area contributed by atoms with E-state index >= 15 is 0 Å². The number of phenols is 1. The van der Waals surface area contributed by atoms with Crippen LogP contribution >= 0.6 is 12.4 Å². The molecule has 7 rings (SSSR count). The van der Waals surface area contributed by atoms with Gasteiger partial charge in [-0.05, 0) is 91.2 Å². The molecule has 3 aromatic carbocycles. The second kappa shape index (κ2) is 13.8. The van der Waals surface area contributed by atoms with E-state index in [1.807, 2.05) is 36.4 Å². The average molecular weight is 666 g/mol. The summed E-state index contributed by atoms with van der Waals surface area (Å²) in [6.45, 7) is 3.26.